The SMILES string of the molecule is CC(C)(C)C1=CC2CC(=C1)Cc1ccc(C(C)(C)C)cc1C(OP1(=O)Oc3ccc4ccccc4c3-c3c(ccc4ccccc34)O1)C2. The highest BCUT2D eigenvalue weighted by Gasteiger charge is 2.42. The molecule has 1 aliphatic heterocycles. The summed E-state index contributed by atoms with van der Waals surface area (Å²) in [6, 6.07) is 31.1. The van der Waals surface area contributed by atoms with Crippen LogP contribution < -0.4 is 9.05 Å². The smallest absolute Gasteiger partial charge is 0.394 e. The number of hydrogen-bond donors (Lipinski definition) is 0. The van der Waals surface area contributed by atoms with Crippen molar-refractivity contribution in [1.82, 2.24) is 0 Å². The van der Waals surface area contributed by atoms with E-state index in [-0.39, 0.29) is 16.7 Å². The largest absolute Gasteiger partial charge is 0.588 e. The number of phosphoric ester groups is 1. The second-order valence-electron chi connectivity index (χ2n) is 15.8. The van der Waals surface area contributed by atoms with E-state index < -0.39 is 13.9 Å². The summed E-state index contributed by atoms with van der Waals surface area (Å²) in [4.78, 5) is 0. The summed E-state index contributed by atoms with van der Waals surface area (Å²) in [6.45, 7) is 13.5. The van der Waals surface area contributed by atoms with Crippen LogP contribution in [-0.4, -0.2) is 0 Å². The van der Waals surface area contributed by atoms with Crippen LogP contribution in [0.2, 0.25) is 0 Å². The molecule has 8 rings (SSSR count). The molecule has 0 fully saturated rings. The van der Waals surface area contributed by atoms with Crippen molar-refractivity contribution in [2.45, 2.75) is 72.3 Å². The molecule has 2 atom stereocenters. The van der Waals surface area contributed by atoms with Gasteiger partial charge in [-0.1, -0.05) is 138 Å². The first-order valence-corrected chi connectivity index (χ1v) is 18.6. The summed E-state index contributed by atoms with van der Waals surface area (Å²) in [6.07, 6.45) is 6.77. The van der Waals surface area contributed by atoms with Crippen molar-refractivity contribution in [3.05, 3.63) is 131 Å². The molecule has 0 radical (unpaired) electrons. The molecule has 5 heteroatoms. The summed E-state index contributed by atoms with van der Waals surface area (Å²) >= 11 is 0. The van der Waals surface area contributed by atoms with E-state index in [0.717, 1.165) is 51.1 Å². The minimum Gasteiger partial charge on any atom is -0.394 e. The van der Waals surface area contributed by atoms with E-state index in [9.17, 15) is 0 Å². The van der Waals surface area contributed by atoms with Gasteiger partial charge in [0.15, 0.2) is 0 Å². The first-order chi connectivity index (χ1) is 22.8. The molecule has 244 valence electrons. The van der Waals surface area contributed by atoms with Crippen LogP contribution in [0.25, 0.3) is 32.7 Å². The molecule has 0 saturated heterocycles. The predicted molar refractivity (Wildman–Crippen MR) is 197 cm³/mol. The fourth-order valence-electron chi connectivity index (χ4n) is 7.62. The molecule has 1 heterocycles. The van der Waals surface area contributed by atoms with E-state index in [1.54, 1.807) is 0 Å². The Morgan fingerprint density at radius 1 is 0.729 bits per heavy atom. The molecule has 3 aliphatic rings. The van der Waals surface area contributed by atoms with E-state index >= 15 is 4.57 Å². The molecule has 5 aromatic carbocycles. The van der Waals surface area contributed by atoms with Gasteiger partial charge in [-0.25, -0.2) is 4.57 Å². The first-order valence-electron chi connectivity index (χ1n) is 17.1. The predicted octanol–water partition coefficient (Wildman–Crippen LogP) is 12.5. The topological polar surface area (TPSA) is 44.8 Å². The lowest BCUT2D eigenvalue weighted by atomic mass is 9.73. The second kappa shape index (κ2) is 11.2. The summed E-state index contributed by atoms with van der Waals surface area (Å²) < 4.78 is 35.1. The van der Waals surface area contributed by atoms with Crippen LogP contribution >= 0.6 is 7.82 Å². The van der Waals surface area contributed by atoms with Gasteiger partial charge in [0.05, 0.1) is 6.10 Å². The number of fused-ring (bicyclic) bond motifs is 10. The van der Waals surface area contributed by atoms with Crippen LogP contribution in [0.5, 0.6) is 11.5 Å². The van der Waals surface area contributed by atoms with E-state index in [1.165, 1.54) is 22.3 Å². The molecule has 0 aromatic heterocycles. The molecule has 5 aromatic rings. The highest BCUT2D eigenvalue weighted by Crippen LogP contribution is 2.62. The quantitative estimate of drug-likeness (QED) is 0.178. The third-order valence-electron chi connectivity index (χ3n) is 10.2. The van der Waals surface area contributed by atoms with Crippen molar-refractivity contribution < 1.29 is 18.1 Å². The average molecular weight is 655 g/mol. The lowest BCUT2D eigenvalue weighted by Gasteiger charge is -2.35. The van der Waals surface area contributed by atoms with Gasteiger partial charge in [0.2, 0.25) is 0 Å². The molecule has 0 spiro atoms. The number of rotatable bonds is 2. The molecular formula is C43H43O4P. The third kappa shape index (κ3) is 5.59. The minimum atomic E-state index is -4.21. The van der Waals surface area contributed by atoms with Crippen LogP contribution in [0.3, 0.4) is 0 Å². The molecule has 0 amide bonds. The van der Waals surface area contributed by atoms with Gasteiger partial charge >= 0.3 is 7.82 Å². The number of allylic oxidation sites excluding steroid dienone is 4. The van der Waals surface area contributed by atoms with Crippen LogP contribution in [0, 0.1) is 11.3 Å². The van der Waals surface area contributed by atoms with Crippen molar-refractivity contribution in [2.75, 3.05) is 0 Å². The Balaban J connectivity index is 1.29. The van der Waals surface area contributed by atoms with Gasteiger partial charge in [0.1, 0.15) is 11.5 Å². The van der Waals surface area contributed by atoms with Gasteiger partial charge in [-0.3, -0.25) is 4.52 Å². The van der Waals surface area contributed by atoms with Gasteiger partial charge in [-0.15, -0.1) is 0 Å². The van der Waals surface area contributed by atoms with Gasteiger partial charge in [0.25, 0.3) is 0 Å². The Bertz CT molecular complexity index is 2120. The van der Waals surface area contributed by atoms with E-state index in [1.807, 2.05) is 48.5 Å². The number of phosphoric acid groups is 1. The fourth-order valence-corrected chi connectivity index (χ4v) is 9.04. The molecular weight excluding hydrogens is 611 g/mol. The lowest BCUT2D eigenvalue weighted by Crippen LogP contribution is -2.22. The van der Waals surface area contributed by atoms with E-state index in [4.69, 9.17) is 13.6 Å². The monoisotopic (exact) mass is 654 g/mol. The maximum absolute atomic E-state index is 15.2. The van der Waals surface area contributed by atoms with Gasteiger partial charge < -0.3 is 9.05 Å². The summed E-state index contributed by atoms with van der Waals surface area (Å²) in [5.41, 5.74) is 7.97. The zero-order valence-corrected chi connectivity index (χ0v) is 29.6. The first kappa shape index (κ1) is 31.2. The van der Waals surface area contributed by atoms with Gasteiger partial charge in [-0.05, 0) is 92.0 Å². The van der Waals surface area contributed by atoms with Crippen LogP contribution in [0.1, 0.15) is 77.2 Å². The summed E-state index contributed by atoms with van der Waals surface area (Å²) in [7, 11) is -4.21. The second-order valence-corrected chi connectivity index (χ2v) is 17.2. The summed E-state index contributed by atoms with van der Waals surface area (Å²) in [5.74, 6) is 1.24. The molecule has 0 saturated carbocycles. The van der Waals surface area contributed by atoms with Gasteiger partial charge in [-0.2, -0.15) is 0 Å². The highest BCUT2D eigenvalue weighted by molar-refractivity contribution is 7.49. The van der Waals surface area contributed by atoms with Crippen molar-refractivity contribution in [1.29, 1.82) is 0 Å². The van der Waals surface area contributed by atoms with Crippen molar-refractivity contribution >= 4 is 29.4 Å². The molecule has 2 aliphatic carbocycles. The Morgan fingerprint density at radius 3 is 1.92 bits per heavy atom. The average Bonchev–Trinajstić information content (AvgIpc) is 3.16. The Kier molecular flexibility index (Phi) is 7.29. The van der Waals surface area contributed by atoms with Crippen molar-refractivity contribution in [3.8, 4) is 22.6 Å². The number of hydrogen-bond acceptors (Lipinski definition) is 4. The molecule has 4 nitrogen and oxygen atoms in total. The fraction of sp³-hybridized carbons (Fsp3) is 0.302. The van der Waals surface area contributed by atoms with Crippen LogP contribution in [0.15, 0.2) is 114 Å². The standard InChI is InChI=1S/C43H43O4P/c1-42(2,3)32-18-15-31-22-27-21-28(24-33(23-27)43(4,5)6)25-39(36(31)26-32)47-48(44)45-37-19-16-29-11-7-9-13-34(29)40(37)41-35-14-10-8-12-30(35)17-20-38(41)46-48/h7-20,23-24,26,28,39H,21-22,25H2,1-6H3. The maximum atomic E-state index is 15.2. The molecule has 2 bridgehead atoms. The van der Waals surface area contributed by atoms with Crippen molar-refractivity contribution in [2.24, 2.45) is 11.3 Å². The van der Waals surface area contributed by atoms with Crippen LogP contribution in [-0.2, 0) is 20.9 Å². The zero-order chi connectivity index (χ0) is 33.4. The molecule has 0 N–H and O–H groups in total. The number of benzene rings is 5. The normalized spacial score (nSPS) is 20.1. The van der Waals surface area contributed by atoms with E-state index in [2.05, 4.69) is 96.2 Å². The Hall–Kier alpha value is -4.11. The van der Waals surface area contributed by atoms with Gasteiger partial charge in [0, 0.05) is 11.1 Å². The van der Waals surface area contributed by atoms with Crippen molar-refractivity contribution in [3.63, 3.8) is 0 Å². The molecule has 2 unspecified atom stereocenters. The lowest BCUT2D eigenvalue weighted by molar-refractivity contribution is 0.125. The Labute approximate surface area is 284 Å². The minimum absolute atomic E-state index is 0.0254. The van der Waals surface area contributed by atoms with Crippen LogP contribution in [0.4, 0.5) is 0 Å². The molecule has 48 heavy (non-hydrogen) atoms. The summed E-state index contributed by atoms with van der Waals surface area (Å²) in [5, 5.41) is 4.17. The Morgan fingerprint density at radius 2 is 1.33 bits per heavy atom. The van der Waals surface area contributed by atoms with E-state index in [0.29, 0.717) is 17.9 Å². The highest BCUT2D eigenvalue weighted by atomic mass is 31.2. The zero-order valence-electron chi connectivity index (χ0n) is 28.7. The third-order valence-corrected chi connectivity index (χ3v) is 11.5. The maximum Gasteiger partial charge on any atom is 0.588 e.